The molecule has 9 heteroatoms. The van der Waals surface area contributed by atoms with Gasteiger partial charge in [-0.05, 0) is 24.3 Å². The van der Waals surface area contributed by atoms with Crippen LogP contribution in [-0.2, 0) is 14.8 Å². The van der Waals surface area contributed by atoms with Crippen LogP contribution in [0.3, 0.4) is 0 Å². The third-order valence-corrected chi connectivity index (χ3v) is 7.60. The standard InChI is InChI=1S/C20H22ClN3O4S/c21-16-5-1-4-8-19(16)29(26,27)24-11-9-22(10-12-24)20(25)15-23-13-14-28-18-7-3-2-6-17(18)23/h1-8H,9-15H2. The van der Waals surface area contributed by atoms with Gasteiger partial charge in [-0.1, -0.05) is 35.9 Å². The lowest BCUT2D eigenvalue weighted by molar-refractivity contribution is -0.130. The first kappa shape index (κ1) is 20.0. The van der Waals surface area contributed by atoms with E-state index in [9.17, 15) is 13.2 Å². The van der Waals surface area contributed by atoms with Gasteiger partial charge in [0, 0.05) is 26.2 Å². The Bertz CT molecular complexity index is 1010. The van der Waals surface area contributed by atoms with E-state index in [1.807, 2.05) is 29.2 Å². The van der Waals surface area contributed by atoms with Crippen LogP contribution in [0.5, 0.6) is 5.75 Å². The number of carbonyl (C=O) groups is 1. The Balaban J connectivity index is 1.39. The molecule has 2 aliphatic rings. The quantitative estimate of drug-likeness (QED) is 0.735. The van der Waals surface area contributed by atoms with Gasteiger partial charge < -0.3 is 14.5 Å². The Hall–Kier alpha value is -2.29. The molecule has 0 saturated carbocycles. The van der Waals surface area contributed by atoms with Crippen molar-refractivity contribution in [3.63, 3.8) is 0 Å². The number of piperazine rings is 1. The van der Waals surface area contributed by atoms with E-state index in [-0.39, 0.29) is 35.5 Å². The van der Waals surface area contributed by atoms with Crippen LogP contribution in [0.2, 0.25) is 5.02 Å². The number of hydrogen-bond donors (Lipinski definition) is 0. The number of ether oxygens (including phenoxy) is 1. The van der Waals surface area contributed by atoms with Crippen LogP contribution >= 0.6 is 11.6 Å². The Labute approximate surface area is 175 Å². The van der Waals surface area contributed by atoms with Crippen LogP contribution in [0.15, 0.2) is 53.4 Å². The van der Waals surface area contributed by atoms with Gasteiger partial charge in [-0.25, -0.2) is 8.42 Å². The second-order valence-electron chi connectivity index (χ2n) is 6.95. The maximum atomic E-state index is 12.9. The second-order valence-corrected chi connectivity index (χ2v) is 9.27. The van der Waals surface area contributed by atoms with Gasteiger partial charge in [-0.2, -0.15) is 4.31 Å². The normalized spacial score (nSPS) is 17.6. The number of para-hydroxylation sites is 2. The van der Waals surface area contributed by atoms with E-state index in [1.165, 1.54) is 10.4 Å². The zero-order chi connectivity index (χ0) is 20.4. The smallest absolute Gasteiger partial charge is 0.244 e. The van der Waals surface area contributed by atoms with Crippen molar-refractivity contribution < 1.29 is 17.9 Å². The molecule has 1 amide bonds. The average molecular weight is 436 g/mol. The molecular formula is C20H22ClN3O4S. The molecule has 2 heterocycles. The van der Waals surface area contributed by atoms with Crippen LogP contribution in [0.4, 0.5) is 5.69 Å². The number of sulfonamides is 1. The molecule has 154 valence electrons. The molecule has 0 radical (unpaired) electrons. The number of amides is 1. The Morgan fingerprint density at radius 1 is 0.966 bits per heavy atom. The van der Waals surface area contributed by atoms with E-state index in [0.717, 1.165) is 11.4 Å². The first-order chi connectivity index (χ1) is 14.0. The predicted molar refractivity (Wildman–Crippen MR) is 111 cm³/mol. The Morgan fingerprint density at radius 3 is 2.41 bits per heavy atom. The number of anilines is 1. The zero-order valence-electron chi connectivity index (χ0n) is 15.8. The lowest BCUT2D eigenvalue weighted by Gasteiger charge is -2.36. The fraction of sp³-hybridized carbons (Fsp3) is 0.350. The molecule has 29 heavy (non-hydrogen) atoms. The monoisotopic (exact) mass is 435 g/mol. The molecule has 0 bridgehead atoms. The van der Waals surface area contributed by atoms with E-state index < -0.39 is 10.0 Å². The van der Waals surface area contributed by atoms with Gasteiger partial charge in [0.15, 0.2) is 0 Å². The lowest BCUT2D eigenvalue weighted by Crippen LogP contribution is -2.53. The number of rotatable bonds is 4. The fourth-order valence-corrected chi connectivity index (χ4v) is 5.54. The van der Waals surface area contributed by atoms with Crippen molar-refractivity contribution in [3.05, 3.63) is 53.6 Å². The van der Waals surface area contributed by atoms with Gasteiger partial charge in [-0.15, -0.1) is 0 Å². The van der Waals surface area contributed by atoms with E-state index in [1.54, 1.807) is 23.1 Å². The van der Waals surface area contributed by atoms with Crippen molar-refractivity contribution in [3.8, 4) is 5.75 Å². The number of carbonyl (C=O) groups excluding carboxylic acids is 1. The van der Waals surface area contributed by atoms with Crippen molar-refractivity contribution in [2.24, 2.45) is 0 Å². The van der Waals surface area contributed by atoms with Crippen molar-refractivity contribution in [1.82, 2.24) is 9.21 Å². The fourth-order valence-electron chi connectivity index (χ4n) is 3.63. The summed E-state index contributed by atoms with van der Waals surface area (Å²) in [5.41, 5.74) is 0.909. The summed E-state index contributed by atoms with van der Waals surface area (Å²) < 4.78 is 32.7. The maximum absolute atomic E-state index is 12.9. The maximum Gasteiger partial charge on any atom is 0.244 e. The summed E-state index contributed by atoms with van der Waals surface area (Å²) in [7, 11) is -3.67. The molecule has 1 fully saturated rings. The van der Waals surface area contributed by atoms with Crippen LogP contribution in [-0.4, -0.2) is 69.4 Å². The number of halogens is 1. The van der Waals surface area contributed by atoms with Gasteiger partial charge in [0.1, 0.15) is 17.3 Å². The van der Waals surface area contributed by atoms with Crippen LogP contribution in [0, 0.1) is 0 Å². The van der Waals surface area contributed by atoms with Crippen molar-refractivity contribution >= 4 is 33.2 Å². The summed E-state index contributed by atoms with van der Waals surface area (Å²) in [4.78, 5) is 16.6. The summed E-state index contributed by atoms with van der Waals surface area (Å²) in [5.74, 6) is 0.763. The third kappa shape index (κ3) is 4.05. The minimum atomic E-state index is -3.67. The van der Waals surface area contributed by atoms with Crippen LogP contribution in [0.25, 0.3) is 0 Å². The van der Waals surface area contributed by atoms with Crippen molar-refractivity contribution in [2.75, 3.05) is 50.8 Å². The van der Waals surface area contributed by atoms with Gasteiger partial charge in [0.2, 0.25) is 15.9 Å². The Kier molecular flexibility index (Phi) is 5.67. The topological polar surface area (TPSA) is 70.2 Å². The molecule has 0 atom stereocenters. The molecule has 0 aromatic heterocycles. The average Bonchev–Trinajstić information content (AvgIpc) is 2.74. The summed E-state index contributed by atoms with van der Waals surface area (Å²) in [6.07, 6.45) is 0. The minimum Gasteiger partial charge on any atom is -0.490 e. The van der Waals surface area contributed by atoms with Crippen LogP contribution < -0.4 is 9.64 Å². The third-order valence-electron chi connectivity index (χ3n) is 5.20. The number of fused-ring (bicyclic) bond motifs is 1. The summed E-state index contributed by atoms with van der Waals surface area (Å²) in [5, 5.41) is 0.206. The van der Waals surface area contributed by atoms with Gasteiger partial charge in [-0.3, -0.25) is 4.79 Å². The minimum absolute atomic E-state index is 0.0171. The highest BCUT2D eigenvalue weighted by Crippen LogP contribution is 2.31. The molecule has 7 nitrogen and oxygen atoms in total. The molecule has 2 aromatic rings. The second kappa shape index (κ2) is 8.22. The molecule has 2 aliphatic heterocycles. The van der Waals surface area contributed by atoms with Crippen molar-refractivity contribution in [2.45, 2.75) is 4.90 Å². The highest BCUT2D eigenvalue weighted by Gasteiger charge is 2.32. The van der Waals surface area contributed by atoms with Gasteiger partial charge >= 0.3 is 0 Å². The van der Waals surface area contributed by atoms with Gasteiger partial charge in [0.05, 0.1) is 23.8 Å². The lowest BCUT2D eigenvalue weighted by atomic mass is 10.2. The highest BCUT2D eigenvalue weighted by atomic mass is 35.5. The van der Waals surface area contributed by atoms with Gasteiger partial charge in [0.25, 0.3) is 0 Å². The van der Waals surface area contributed by atoms with E-state index in [2.05, 4.69) is 0 Å². The molecule has 1 saturated heterocycles. The molecular weight excluding hydrogens is 414 g/mol. The molecule has 2 aromatic carbocycles. The molecule has 0 N–H and O–H groups in total. The summed E-state index contributed by atoms with van der Waals surface area (Å²) in [6, 6.07) is 14.1. The molecule has 0 unspecified atom stereocenters. The molecule has 0 aliphatic carbocycles. The summed E-state index contributed by atoms with van der Waals surface area (Å²) >= 11 is 6.07. The zero-order valence-corrected chi connectivity index (χ0v) is 17.4. The van der Waals surface area contributed by atoms with E-state index >= 15 is 0 Å². The van der Waals surface area contributed by atoms with E-state index in [4.69, 9.17) is 16.3 Å². The number of nitrogens with zero attached hydrogens (tertiary/aromatic N) is 3. The number of benzene rings is 2. The molecule has 0 spiro atoms. The van der Waals surface area contributed by atoms with Crippen molar-refractivity contribution in [1.29, 1.82) is 0 Å². The number of hydrogen-bond acceptors (Lipinski definition) is 5. The first-order valence-corrected chi connectivity index (χ1v) is 11.3. The highest BCUT2D eigenvalue weighted by molar-refractivity contribution is 7.89. The summed E-state index contributed by atoms with van der Waals surface area (Å²) in [6.45, 7) is 2.64. The predicted octanol–water partition coefficient (Wildman–Crippen LogP) is 2.07. The Morgan fingerprint density at radius 2 is 1.66 bits per heavy atom. The van der Waals surface area contributed by atoms with E-state index in [0.29, 0.717) is 26.2 Å². The van der Waals surface area contributed by atoms with Crippen LogP contribution in [0.1, 0.15) is 0 Å². The first-order valence-electron chi connectivity index (χ1n) is 9.46. The largest absolute Gasteiger partial charge is 0.490 e. The molecule has 4 rings (SSSR count). The SMILES string of the molecule is O=C(CN1CCOc2ccccc21)N1CCN(S(=O)(=O)c2ccccc2Cl)CC1.